The summed E-state index contributed by atoms with van der Waals surface area (Å²) >= 11 is 0. The molecular weight excluding hydrogens is 182 g/mol. The molecule has 1 aliphatic heterocycles. The van der Waals surface area contributed by atoms with Crippen LogP contribution >= 0.6 is 0 Å². The Morgan fingerprint density at radius 2 is 2.13 bits per heavy atom. The topological polar surface area (TPSA) is 12.0 Å². The quantitative estimate of drug-likeness (QED) is 0.634. The van der Waals surface area contributed by atoms with Crippen LogP contribution in [0.5, 0.6) is 0 Å². The maximum absolute atomic E-state index is 3.32. The van der Waals surface area contributed by atoms with Crippen molar-refractivity contribution < 1.29 is 0 Å². The zero-order valence-electron chi connectivity index (χ0n) is 10.00. The van der Waals surface area contributed by atoms with Gasteiger partial charge in [0.05, 0.1) is 0 Å². The highest BCUT2D eigenvalue weighted by atomic mass is 14.8. The molecule has 0 radical (unpaired) electrons. The molecule has 0 aromatic heterocycles. The fourth-order valence-corrected chi connectivity index (χ4v) is 1.75. The lowest BCUT2D eigenvalue weighted by atomic mass is 10.00. The van der Waals surface area contributed by atoms with Crippen LogP contribution in [-0.2, 0) is 0 Å². The Hall–Kier alpha value is -0.980. The van der Waals surface area contributed by atoms with Gasteiger partial charge in [0.15, 0.2) is 0 Å². The predicted molar refractivity (Wildman–Crippen MR) is 67.7 cm³/mol. The second kappa shape index (κ2) is 7.33. The molecular formula is C14H23N. The lowest BCUT2D eigenvalue weighted by Gasteiger charge is -2.10. The van der Waals surface area contributed by atoms with E-state index in [0.29, 0.717) is 0 Å². The first kappa shape index (κ1) is 12.1. The van der Waals surface area contributed by atoms with Crippen molar-refractivity contribution >= 4 is 0 Å². The van der Waals surface area contributed by atoms with Gasteiger partial charge >= 0.3 is 0 Å². The summed E-state index contributed by atoms with van der Waals surface area (Å²) in [4.78, 5) is 0. The van der Waals surface area contributed by atoms with Gasteiger partial charge in [-0.25, -0.2) is 0 Å². The molecule has 15 heavy (non-hydrogen) atoms. The van der Waals surface area contributed by atoms with E-state index in [9.17, 15) is 0 Å². The number of hydrogen-bond donors (Lipinski definition) is 1. The van der Waals surface area contributed by atoms with Gasteiger partial charge in [0.1, 0.15) is 0 Å². The van der Waals surface area contributed by atoms with Gasteiger partial charge in [-0.2, -0.15) is 0 Å². The molecule has 0 aromatic rings. The highest BCUT2D eigenvalue weighted by Gasteiger charge is 2.00. The molecule has 0 fully saturated rings. The Morgan fingerprint density at radius 1 is 1.27 bits per heavy atom. The van der Waals surface area contributed by atoms with Crippen molar-refractivity contribution in [2.45, 2.75) is 39.5 Å². The van der Waals surface area contributed by atoms with Crippen LogP contribution in [-0.4, -0.2) is 6.54 Å². The molecule has 0 aliphatic carbocycles. The van der Waals surface area contributed by atoms with Crippen molar-refractivity contribution in [2.24, 2.45) is 5.92 Å². The molecule has 84 valence electrons. The highest BCUT2D eigenvalue weighted by molar-refractivity contribution is 5.19. The third-order valence-electron chi connectivity index (χ3n) is 2.83. The molecule has 1 N–H and O–H groups in total. The molecule has 0 saturated carbocycles. The zero-order valence-corrected chi connectivity index (χ0v) is 10.00. The van der Waals surface area contributed by atoms with Gasteiger partial charge in [-0.05, 0) is 44.4 Å². The average Bonchev–Trinajstić information content (AvgIpc) is 2.23. The average molecular weight is 205 g/mol. The smallest absolute Gasteiger partial charge is 0.0144 e. The SMILES string of the molecule is CC1=C/CCCC(C)CCN/C=C/C=C\1. The fraction of sp³-hybridized carbons (Fsp3) is 0.571. The van der Waals surface area contributed by atoms with Gasteiger partial charge < -0.3 is 5.32 Å². The van der Waals surface area contributed by atoms with Crippen LogP contribution in [0.15, 0.2) is 36.1 Å². The summed E-state index contributed by atoms with van der Waals surface area (Å²) in [7, 11) is 0. The van der Waals surface area contributed by atoms with Gasteiger partial charge in [-0.15, -0.1) is 0 Å². The third-order valence-corrected chi connectivity index (χ3v) is 2.83. The van der Waals surface area contributed by atoms with Crippen molar-refractivity contribution in [1.82, 2.24) is 5.32 Å². The Balaban J connectivity index is 2.49. The maximum Gasteiger partial charge on any atom is 0.0144 e. The standard InChI is InChI=1S/C14H23N/c1-13-7-3-4-8-14(2)10-12-15-11-6-5-9-13/h5-7,9,11,14-15H,3-4,8,10,12H2,1-2H3/b9-5-,11-6+,13-7-. The van der Waals surface area contributed by atoms with Crippen LogP contribution in [0.25, 0.3) is 0 Å². The van der Waals surface area contributed by atoms with E-state index in [-0.39, 0.29) is 0 Å². The summed E-state index contributed by atoms with van der Waals surface area (Å²) in [5.41, 5.74) is 1.37. The molecule has 1 atom stereocenters. The summed E-state index contributed by atoms with van der Waals surface area (Å²) in [6, 6.07) is 0. The predicted octanol–water partition coefficient (Wildman–Crippen LogP) is 3.80. The number of hydrogen-bond acceptors (Lipinski definition) is 1. The lowest BCUT2D eigenvalue weighted by molar-refractivity contribution is 0.472. The van der Waals surface area contributed by atoms with Crippen LogP contribution in [0, 0.1) is 5.92 Å². The second-order valence-electron chi connectivity index (χ2n) is 4.45. The molecule has 1 rings (SSSR count). The molecule has 1 unspecified atom stereocenters. The van der Waals surface area contributed by atoms with Gasteiger partial charge in [-0.1, -0.05) is 37.1 Å². The summed E-state index contributed by atoms with van der Waals surface area (Å²) in [6.45, 7) is 5.61. The summed E-state index contributed by atoms with van der Waals surface area (Å²) in [5.74, 6) is 0.841. The van der Waals surface area contributed by atoms with Crippen molar-refractivity contribution in [3.63, 3.8) is 0 Å². The van der Waals surface area contributed by atoms with Gasteiger partial charge in [0.25, 0.3) is 0 Å². The number of rotatable bonds is 0. The van der Waals surface area contributed by atoms with E-state index < -0.39 is 0 Å². The largest absolute Gasteiger partial charge is 0.391 e. The summed E-state index contributed by atoms with van der Waals surface area (Å²) < 4.78 is 0. The van der Waals surface area contributed by atoms with E-state index in [1.807, 2.05) is 6.20 Å². The van der Waals surface area contributed by atoms with Crippen molar-refractivity contribution in [3.8, 4) is 0 Å². The first-order chi connectivity index (χ1) is 7.29. The lowest BCUT2D eigenvalue weighted by Crippen LogP contribution is -2.10. The first-order valence-electron chi connectivity index (χ1n) is 6.02. The van der Waals surface area contributed by atoms with Crippen LogP contribution in [0.1, 0.15) is 39.5 Å². The van der Waals surface area contributed by atoms with Crippen molar-refractivity contribution in [3.05, 3.63) is 36.1 Å². The highest BCUT2D eigenvalue weighted by Crippen LogP contribution is 2.12. The monoisotopic (exact) mass is 205 g/mol. The van der Waals surface area contributed by atoms with Crippen molar-refractivity contribution in [2.75, 3.05) is 6.54 Å². The van der Waals surface area contributed by atoms with E-state index in [4.69, 9.17) is 0 Å². The van der Waals surface area contributed by atoms with E-state index in [2.05, 4.69) is 43.5 Å². The van der Waals surface area contributed by atoms with E-state index in [0.717, 1.165) is 12.5 Å². The Bertz CT molecular complexity index is 248. The van der Waals surface area contributed by atoms with E-state index in [1.165, 1.54) is 31.3 Å². The first-order valence-corrected chi connectivity index (χ1v) is 6.02. The Labute approximate surface area is 94.0 Å². The molecule has 0 aromatic carbocycles. The molecule has 0 bridgehead atoms. The molecule has 1 heterocycles. The minimum atomic E-state index is 0.841. The van der Waals surface area contributed by atoms with E-state index in [1.54, 1.807) is 0 Å². The molecule has 0 saturated heterocycles. The van der Waals surface area contributed by atoms with E-state index >= 15 is 0 Å². The van der Waals surface area contributed by atoms with Gasteiger partial charge in [0, 0.05) is 6.54 Å². The molecule has 1 aliphatic rings. The number of allylic oxidation sites excluding steroid dienone is 5. The minimum Gasteiger partial charge on any atom is -0.391 e. The normalized spacial score (nSPS) is 32.1. The number of nitrogens with one attached hydrogen (secondary N) is 1. The second-order valence-corrected chi connectivity index (χ2v) is 4.45. The molecule has 0 amide bonds. The summed E-state index contributed by atoms with van der Waals surface area (Å²) in [6.07, 6.45) is 15.9. The molecule has 1 nitrogen and oxygen atoms in total. The summed E-state index contributed by atoms with van der Waals surface area (Å²) in [5, 5.41) is 3.32. The molecule has 0 spiro atoms. The van der Waals surface area contributed by atoms with Crippen molar-refractivity contribution in [1.29, 1.82) is 0 Å². The third kappa shape index (κ3) is 6.16. The van der Waals surface area contributed by atoms with Gasteiger partial charge in [-0.3, -0.25) is 0 Å². The maximum atomic E-state index is 3.32. The van der Waals surface area contributed by atoms with Gasteiger partial charge in [0.2, 0.25) is 0 Å². The zero-order chi connectivity index (χ0) is 10.9. The minimum absolute atomic E-state index is 0.841. The van der Waals surface area contributed by atoms with Crippen LogP contribution in [0.2, 0.25) is 0 Å². The van der Waals surface area contributed by atoms with Crippen LogP contribution < -0.4 is 5.32 Å². The Morgan fingerprint density at radius 3 is 3.00 bits per heavy atom. The van der Waals surface area contributed by atoms with Crippen LogP contribution in [0.3, 0.4) is 0 Å². The Kier molecular flexibility index (Phi) is 5.91. The van der Waals surface area contributed by atoms with Crippen LogP contribution in [0.4, 0.5) is 0 Å². The fourth-order valence-electron chi connectivity index (χ4n) is 1.75. The molecule has 1 heteroatoms.